The summed E-state index contributed by atoms with van der Waals surface area (Å²) >= 11 is 0. The second kappa shape index (κ2) is 5.49. The molecule has 0 radical (unpaired) electrons. The average Bonchev–Trinajstić information content (AvgIpc) is 2.90. The number of hydrogen-bond donors (Lipinski definition) is 1. The Morgan fingerprint density at radius 2 is 2.05 bits per heavy atom. The molecule has 0 unspecified atom stereocenters. The van der Waals surface area contributed by atoms with E-state index in [4.69, 9.17) is 4.74 Å². The topological polar surface area (TPSA) is 73.1 Å². The maximum Gasteiger partial charge on any atom is 0.212 e. The van der Waals surface area contributed by atoms with Gasteiger partial charge in [0.1, 0.15) is 5.75 Å². The van der Waals surface area contributed by atoms with Crippen LogP contribution in [0.3, 0.4) is 0 Å². The van der Waals surface area contributed by atoms with Crippen molar-refractivity contribution in [1.29, 1.82) is 0 Å². The number of fused-ring (bicyclic) bond motifs is 1. The van der Waals surface area contributed by atoms with Crippen LogP contribution in [0.15, 0.2) is 36.4 Å². The Labute approximate surface area is 122 Å². The fraction of sp³-hybridized carbons (Fsp3) is 0.267. The lowest BCUT2D eigenvalue weighted by molar-refractivity contribution is 0.190. The monoisotopic (exact) mass is 284 g/mol. The first kappa shape index (κ1) is 13.5. The molecule has 3 aromatic rings. The van der Waals surface area contributed by atoms with Gasteiger partial charge in [-0.2, -0.15) is 4.80 Å². The van der Waals surface area contributed by atoms with E-state index in [0.29, 0.717) is 11.6 Å². The highest BCUT2D eigenvalue weighted by atomic mass is 16.5. The van der Waals surface area contributed by atoms with E-state index in [1.54, 1.807) is 14.0 Å². The predicted molar refractivity (Wildman–Crippen MR) is 77.7 cm³/mol. The standard InChI is InChI=1S/C15H16N4O2/c1-10(20)12-8-7-11-5-3-4-6-13(11)15(12)21-9-14-16-18-19(2)17-14/h3-8,10,20H,9H2,1-2H3/t10-/m0/s1. The number of aliphatic hydroxyl groups is 1. The smallest absolute Gasteiger partial charge is 0.212 e. The zero-order valence-electron chi connectivity index (χ0n) is 11.9. The number of hydrogen-bond acceptors (Lipinski definition) is 5. The van der Waals surface area contributed by atoms with Crippen molar-refractivity contribution in [2.75, 3.05) is 0 Å². The van der Waals surface area contributed by atoms with Crippen LogP contribution in [-0.4, -0.2) is 25.3 Å². The molecule has 3 rings (SSSR count). The van der Waals surface area contributed by atoms with E-state index in [0.717, 1.165) is 16.3 Å². The van der Waals surface area contributed by atoms with Crippen molar-refractivity contribution < 1.29 is 9.84 Å². The summed E-state index contributed by atoms with van der Waals surface area (Å²) in [4.78, 5) is 1.39. The first-order valence-electron chi connectivity index (χ1n) is 6.70. The summed E-state index contributed by atoms with van der Waals surface area (Å²) in [5, 5.41) is 23.7. The van der Waals surface area contributed by atoms with Crippen LogP contribution >= 0.6 is 0 Å². The average molecular weight is 284 g/mol. The number of aryl methyl sites for hydroxylation is 1. The molecule has 0 spiro atoms. The third-order valence-corrected chi connectivity index (χ3v) is 3.26. The second-order valence-electron chi connectivity index (χ2n) is 4.86. The van der Waals surface area contributed by atoms with E-state index in [9.17, 15) is 5.11 Å². The maximum absolute atomic E-state index is 9.94. The molecule has 0 aliphatic rings. The van der Waals surface area contributed by atoms with Gasteiger partial charge in [-0.1, -0.05) is 36.4 Å². The Bertz CT molecular complexity index is 767. The van der Waals surface area contributed by atoms with Crippen LogP contribution in [-0.2, 0) is 13.7 Å². The highest BCUT2D eigenvalue weighted by molar-refractivity contribution is 5.89. The van der Waals surface area contributed by atoms with Crippen LogP contribution in [0, 0.1) is 0 Å². The highest BCUT2D eigenvalue weighted by Gasteiger charge is 2.14. The number of nitrogens with zero attached hydrogens (tertiary/aromatic N) is 4. The SMILES string of the molecule is C[C@H](O)c1ccc2ccccc2c1OCc1nnn(C)n1. The van der Waals surface area contributed by atoms with Crippen molar-refractivity contribution in [2.45, 2.75) is 19.6 Å². The van der Waals surface area contributed by atoms with E-state index >= 15 is 0 Å². The predicted octanol–water partition coefficient (Wildman–Crippen LogP) is 2.00. The molecule has 1 atom stereocenters. The molecule has 6 heteroatoms. The van der Waals surface area contributed by atoms with Gasteiger partial charge in [0.15, 0.2) is 6.61 Å². The van der Waals surface area contributed by atoms with Gasteiger partial charge < -0.3 is 9.84 Å². The van der Waals surface area contributed by atoms with Gasteiger partial charge in [0.2, 0.25) is 5.82 Å². The minimum absolute atomic E-state index is 0.210. The van der Waals surface area contributed by atoms with Crippen LogP contribution in [0.1, 0.15) is 24.4 Å². The van der Waals surface area contributed by atoms with Crippen molar-refractivity contribution in [3.8, 4) is 5.75 Å². The van der Waals surface area contributed by atoms with Crippen molar-refractivity contribution in [3.05, 3.63) is 47.8 Å². The lowest BCUT2D eigenvalue weighted by Crippen LogP contribution is -2.03. The fourth-order valence-electron chi connectivity index (χ4n) is 2.27. The largest absolute Gasteiger partial charge is 0.484 e. The molecule has 21 heavy (non-hydrogen) atoms. The number of tetrazole rings is 1. The number of benzene rings is 2. The maximum atomic E-state index is 9.94. The first-order valence-corrected chi connectivity index (χ1v) is 6.70. The molecule has 108 valence electrons. The van der Waals surface area contributed by atoms with E-state index in [1.807, 2.05) is 36.4 Å². The fourth-order valence-corrected chi connectivity index (χ4v) is 2.27. The molecule has 0 fully saturated rings. The normalized spacial score (nSPS) is 12.5. The van der Waals surface area contributed by atoms with Crippen LogP contribution in [0.4, 0.5) is 0 Å². The molecular formula is C15H16N4O2. The molecule has 2 aromatic carbocycles. The van der Waals surface area contributed by atoms with Gasteiger partial charge in [-0.15, -0.1) is 10.2 Å². The van der Waals surface area contributed by atoms with E-state index in [-0.39, 0.29) is 6.61 Å². The molecule has 0 amide bonds. The van der Waals surface area contributed by atoms with Gasteiger partial charge in [-0.3, -0.25) is 0 Å². The van der Waals surface area contributed by atoms with E-state index < -0.39 is 6.10 Å². The Morgan fingerprint density at radius 3 is 2.76 bits per heavy atom. The van der Waals surface area contributed by atoms with Crippen molar-refractivity contribution >= 4 is 10.8 Å². The van der Waals surface area contributed by atoms with Crippen molar-refractivity contribution in [1.82, 2.24) is 20.2 Å². The zero-order chi connectivity index (χ0) is 14.8. The van der Waals surface area contributed by atoms with Gasteiger partial charge >= 0.3 is 0 Å². The third kappa shape index (κ3) is 2.71. The quantitative estimate of drug-likeness (QED) is 0.793. The second-order valence-corrected chi connectivity index (χ2v) is 4.86. The van der Waals surface area contributed by atoms with Gasteiger partial charge in [0, 0.05) is 10.9 Å². The number of aromatic nitrogens is 4. The van der Waals surface area contributed by atoms with Crippen LogP contribution < -0.4 is 4.74 Å². The summed E-state index contributed by atoms with van der Waals surface area (Å²) in [7, 11) is 1.70. The number of aliphatic hydroxyl groups excluding tert-OH is 1. The molecule has 1 aromatic heterocycles. The summed E-state index contributed by atoms with van der Waals surface area (Å²) in [5.74, 6) is 1.16. The highest BCUT2D eigenvalue weighted by Crippen LogP contribution is 2.33. The Morgan fingerprint density at radius 1 is 1.24 bits per heavy atom. The van der Waals surface area contributed by atoms with Gasteiger partial charge in [-0.25, -0.2) is 0 Å². The summed E-state index contributed by atoms with van der Waals surface area (Å²) in [6.07, 6.45) is -0.612. The molecule has 0 saturated heterocycles. The molecule has 0 bridgehead atoms. The lowest BCUT2D eigenvalue weighted by atomic mass is 10.0. The molecule has 0 saturated carbocycles. The Kier molecular flexibility index (Phi) is 3.53. The lowest BCUT2D eigenvalue weighted by Gasteiger charge is -2.15. The van der Waals surface area contributed by atoms with Gasteiger partial charge in [0.05, 0.1) is 13.2 Å². The Balaban J connectivity index is 1.99. The molecule has 0 aliphatic carbocycles. The van der Waals surface area contributed by atoms with Gasteiger partial charge in [0.25, 0.3) is 0 Å². The van der Waals surface area contributed by atoms with Crippen LogP contribution in [0.25, 0.3) is 10.8 Å². The van der Waals surface area contributed by atoms with Crippen molar-refractivity contribution in [2.24, 2.45) is 7.05 Å². The Hall–Kier alpha value is -2.47. The molecule has 1 N–H and O–H groups in total. The summed E-state index contributed by atoms with van der Waals surface area (Å²) in [5.41, 5.74) is 0.748. The van der Waals surface area contributed by atoms with Crippen LogP contribution in [0.2, 0.25) is 0 Å². The summed E-state index contributed by atoms with van der Waals surface area (Å²) in [6, 6.07) is 11.8. The van der Waals surface area contributed by atoms with Crippen LogP contribution in [0.5, 0.6) is 5.75 Å². The number of rotatable bonds is 4. The molecule has 6 nitrogen and oxygen atoms in total. The van der Waals surface area contributed by atoms with Gasteiger partial charge in [-0.05, 0) is 17.5 Å². The minimum atomic E-state index is -0.612. The molecule has 0 aliphatic heterocycles. The summed E-state index contributed by atoms with van der Waals surface area (Å²) in [6.45, 7) is 1.93. The minimum Gasteiger partial charge on any atom is -0.484 e. The molecule has 1 heterocycles. The van der Waals surface area contributed by atoms with E-state index in [1.165, 1.54) is 4.80 Å². The van der Waals surface area contributed by atoms with Crippen molar-refractivity contribution in [3.63, 3.8) is 0 Å². The summed E-state index contributed by atoms with van der Waals surface area (Å²) < 4.78 is 5.87. The number of ether oxygens (including phenoxy) is 1. The first-order chi connectivity index (χ1) is 10.1. The molecular weight excluding hydrogens is 268 g/mol. The third-order valence-electron chi connectivity index (χ3n) is 3.26. The van der Waals surface area contributed by atoms with E-state index in [2.05, 4.69) is 15.4 Å². The zero-order valence-corrected chi connectivity index (χ0v) is 11.9.